The Balaban J connectivity index is 2.89. The summed E-state index contributed by atoms with van der Waals surface area (Å²) in [5.74, 6) is 0.483. The molecule has 1 aromatic heterocycles. The van der Waals surface area contributed by atoms with Crippen molar-refractivity contribution in [3.05, 3.63) is 23.5 Å². The van der Waals surface area contributed by atoms with E-state index >= 15 is 0 Å². The molecule has 1 aromatic rings. The number of pyridine rings is 1. The molecule has 0 aliphatic carbocycles. The van der Waals surface area contributed by atoms with Crippen molar-refractivity contribution >= 4 is 0 Å². The van der Waals surface area contributed by atoms with Crippen LogP contribution < -0.4 is 4.74 Å². The lowest BCUT2D eigenvalue weighted by Gasteiger charge is -2.12. The normalized spacial score (nSPS) is 11.9. The smallest absolute Gasteiger partial charge is 0.184 e. The summed E-state index contributed by atoms with van der Waals surface area (Å²) in [6, 6.07) is 5.55. The average Bonchev–Trinajstić information content (AvgIpc) is 2.27. The van der Waals surface area contributed by atoms with Gasteiger partial charge in [-0.2, -0.15) is 5.26 Å². The van der Waals surface area contributed by atoms with Crippen molar-refractivity contribution < 1.29 is 9.84 Å². The topological polar surface area (TPSA) is 66.1 Å². The summed E-state index contributed by atoms with van der Waals surface area (Å²) >= 11 is 0. The Labute approximate surface area is 89.1 Å². The predicted molar refractivity (Wildman–Crippen MR) is 55.2 cm³/mol. The standard InChI is InChI=1S/C11H14N2O2/c1-3-9(6-12)15-11-5-4-8(2)13-10(11)7-14/h4-5,9,14H,3,7H2,1-2H3. The lowest BCUT2D eigenvalue weighted by atomic mass is 10.2. The largest absolute Gasteiger partial charge is 0.474 e. The highest BCUT2D eigenvalue weighted by molar-refractivity contribution is 5.29. The highest BCUT2D eigenvalue weighted by Crippen LogP contribution is 2.18. The van der Waals surface area contributed by atoms with Crippen molar-refractivity contribution in [1.29, 1.82) is 5.26 Å². The second kappa shape index (κ2) is 5.32. The zero-order valence-corrected chi connectivity index (χ0v) is 8.90. The summed E-state index contributed by atoms with van der Waals surface area (Å²) in [4.78, 5) is 4.13. The van der Waals surface area contributed by atoms with Crippen molar-refractivity contribution in [3.63, 3.8) is 0 Å². The maximum absolute atomic E-state index is 9.08. The molecule has 0 aliphatic rings. The highest BCUT2D eigenvalue weighted by atomic mass is 16.5. The quantitative estimate of drug-likeness (QED) is 0.811. The third-order valence-corrected chi connectivity index (χ3v) is 2.01. The Morgan fingerprint density at radius 1 is 1.60 bits per heavy atom. The molecule has 0 aromatic carbocycles. The maximum Gasteiger partial charge on any atom is 0.184 e. The first-order valence-corrected chi connectivity index (χ1v) is 4.85. The van der Waals surface area contributed by atoms with E-state index in [1.165, 1.54) is 0 Å². The van der Waals surface area contributed by atoms with Crippen molar-refractivity contribution in [2.75, 3.05) is 0 Å². The van der Waals surface area contributed by atoms with Gasteiger partial charge in [-0.1, -0.05) is 6.92 Å². The van der Waals surface area contributed by atoms with Crippen LogP contribution in [-0.4, -0.2) is 16.2 Å². The molecule has 1 heterocycles. The minimum absolute atomic E-state index is 0.182. The summed E-state index contributed by atoms with van der Waals surface area (Å²) in [6.45, 7) is 3.53. The Bertz CT molecular complexity index is 371. The van der Waals surface area contributed by atoms with Gasteiger partial charge in [-0.15, -0.1) is 0 Å². The van der Waals surface area contributed by atoms with Crippen LogP contribution in [0.15, 0.2) is 12.1 Å². The van der Waals surface area contributed by atoms with Gasteiger partial charge in [0.05, 0.1) is 6.61 Å². The predicted octanol–water partition coefficient (Wildman–Crippen LogP) is 1.56. The number of ether oxygens (including phenoxy) is 1. The molecule has 80 valence electrons. The van der Waals surface area contributed by atoms with Crippen molar-refractivity contribution in [1.82, 2.24) is 4.98 Å². The molecule has 0 saturated carbocycles. The molecule has 0 bridgehead atoms. The molecule has 0 radical (unpaired) electrons. The first kappa shape index (κ1) is 11.5. The molecule has 1 unspecified atom stereocenters. The van der Waals surface area contributed by atoms with Crippen LogP contribution in [0.3, 0.4) is 0 Å². The van der Waals surface area contributed by atoms with E-state index in [2.05, 4.69) is 4.98 Å². The Hall–Kier alpha value is -1.60. The monoisotopic (exact) mass is 206 g/mol. The minimum atomic E-state index is -0.486. The second-order valence-electron chi connectivity index (χ2n) is 3.20. The fourth-order valence-corrected chi connectivity index (χ4v) is 1.17. The Morgan fingerprint density at radius 3 is 2.87 bits per heavy atom. The SMILES string of the molecule is CCC(C#N)Oc1ccc(C)nc1CO. The zero-order chi connectivity index (χ0) is 11.3. The number of aliphatic hydroxyl groups excluding tert-OH is 1. The van der Waals surface area contributed by atoms with E-state index < -0.39 is 6.10 Å². The molecule has 15 heavy (non-hydrogen) atoms. The third kappa shape index (κ3) is 2.93. The fourth-order valence-electron chi connectivity index (χ4n) is 1.17. The number of aliphatic hydroxyl groups is 1. The van der Waals surface area contributed by atoms with Crippen LogP contribution in [0.25, 0.3) is 0 Å². The van der Waals surface area contributed by atoms with Crippen LogP contribution in [-0.2, 0) is 6.61 Å². The van der Waals surface area contributed by atoms with Crippen molar-refractivity contribution in [2.45, 2.75) is 33.0 Å². The molecular formula is C11H14N2O2. The lowest BCUT2D eigenvalue weighted by molar-refractivity contribution is 0.228. The third-order valence-electron chi connectivity index (χ3n) is 2.01. The van der Waals surface area contributed by atoms with Crippen LogP contribution in [0.5, 0.6) is 5.75 Å². The first-order valence-electron chi connectivity index (χ1n) is 4.85. The van der Waals surface area contributed by atoms with Crippen molar-refractivity contribution in [2.24, 2.45) is 0 Å². The van der Waals surface area contributed by atoms with Gasteiger partial charge in [0.15, 0.2) is 6.10 Å². The van der Waals surface area contributed by atoms with Crippen LogP contribution in [0, 0.1) is 18.3 Å². The number of aryl methyl sites for hydroxylation is 1. The summed E-state index contributed by atoms with van der Waals surface area (Å²) in [6.07, 6.45) is 0.120. The van der Waals surface area contributed by atoms with E-state index in [1.54, 1.807) is 12.1 Å². The Morgan fingerprint density at radius 2 is 2.33 bits per heavy atom. The molecule has 0 saturated heterocycles. The number of rotatable bonds is 4. The molecule has 1 N–H and O–H groups in total. The summed E-state index contributed by atoms with van der Waals surface area (Å²) in [5, 5.41) is 17.8. The molecular weight excluding hydrogens is 192 g/mol. The molecule has 0 aliphatic heterocycles. The van der Waals surface area contributed by atoms with Gasteiger partial charge in [-0.25, -0.2) is 0 Å². The highest BCUT2D eigenvalue weighted by Gasteiger charge is 2.10. The molecule has 1 rings (SSSR count). The van der Waals surface area contributed by atoms with Gasteiger partial charge in [0.25, 0.3) is 0 Å². The minimum Gasteiger partial charge on any atom is -0.474 e. The number of nitriles is 1. The van der Waals surface area contributed by atoms with Gasteiger partial charge in [0.1, 0.15) is 17.5 Å². The molecule has 4 heteroatoms. The van der Waals surface area contributed by atoms with E-state index in [0.717, 1.165) is 5.69 Å². The summed E-state index contributed by atoms with van der Waals surface area (Å²) < 4.78 is 5.41. The van der Waals surface area contributed by atoms with E-state index in [-0.39, 0.29) is 6.61 Å². The van der Waals surface area contributed by atoms with Gasteiger partial charge < -0.3 is 9.84 Å². The van der Waals surface area contributed by atoms with Gasteiger partial charge in [-0.3, -0.25) is 4.98 Å². The molecule has 0 fully saturated rings. The zero-order valence-electron chi connectivity index (χ0n) is 8.90. The van der Waals surface area contributed by atoms with Gasteiger partial charge in [0.2, 0.25) is 0 Å². The van der Waals surface area contributed by atoms with Gasteiger partial charge in [-0.05, 0) is 25.5 Å². The number of aromatic nitrogens is 1. The number of hydrogen-bond acceptors (Lipinski definition) is 4. The fraction of sp³-hybridized carbons (Fsp3) is 0.455. The van der Waals surface area contributed by atoms with E-state index in [1.807, 2.05) is 19.9 Å². The van der Waals surface area contributed by atoms with Crippen LogP contribution in [0.4, 0.5) is 0 Å². The van der Waals surface area contributed by atoms with E-state index in [9.17, 15) is 0 Å². The van der Waals surface area contributed by atoms with Gasteiger partial charge >= 0.3 is 0 Å². The van der Waals surface area contributed by atoms with Crippen LogP contribution >= 0.6 is 0 Å². The Kier molecular flexibility index (Phi) is 4.07. The van der Waals surface area contributed by atoms with Crippen LogP contribution in [0.2, 0.25) is 0 Å². The maximum atomic E-state index is 9.08. The molecule has 4 nitrogen and oxygen atoms in total. The van der Waals surface area contributed by atoms with Gasteiger partial charge in [0, 0.05) is 5.69 Å². The van der Waals surface area contributed by atoms with E-state index in [0.29, 0.717) is 17.9 Å². The van der Waals surface area contributed by atoms with E-state index in [4.69, 9.17) is 15.1 Å². The van der Waals surface area contributed by atoms with Crippen molar-refractivity contribution in [3.8, 4) is 11.8 Å². The number of nitrogens with zero attached hydrogens (tertiary/aromatic N) is 2. The number of hydrogen-bond donors (Lipinski definition) is 1. The molecule has 1 atom stereocenters. The summed E-state index contributed by atoms with van der Waals surface area (Å²) in [5.41, 5.74) is 1.29. The lowest BCUT2D eigenvalue weighted by Crippen LogP contribution is -2.14. The average molecular weight is 206 g/mol. The van der Waals surface area contributed by atoms with Crippen LogP contribution in [0.1, 0.15) is 24.7 Å². The summed E-state index contributed by atoms with van der Waals surface area (Å²) in [7, 11) is 0. The molecule has 0 spiro atoms. The molecule has 0 amide bonds. The first-order chi connectivity index (χ1) is 7.21. The second-order valence-corrected chi connectivity index (χ2v) is 3.20.